The van der Waals surface area contributed by atoms with Crippen LogP contribution in [-0.2, 0) is 14.2 Å². The zero-order chi connectivity index (χ0) is 8.20. The third-order valence-electron chi connectivity index (χ3n) is 0.696. The Kier molecular flexibility index (Phi) is 3.15. The smallest absolute Gasteiger partial charge is 0.321 e. The van der Waals surface area contributed by atoms with Gasteiger partial charge < -0.3 is 9.79 Å². The molecule has 0 heterocycles. The van der Waals surface area contributed by atoms with Gasteiger partial charge in [0.05, 0.1) is 0 Å². The second kappa shape index (κ2) is 3.41. The van der Waals surface area contributed by atoms with Gasteiger partial charge in [-0.3, -0.25) is 14.2 Å². The van der Waals surface area contributed by atoms with Gasteiger partial charge >= 0.3 is 7.60 Å². The van der Waals surface area contributed by atoms with Crippen LogP contribution in [0.25, 0.3) is 0 Å². The van der Waals surface area contributed by atoms with Crippen molar-refractivity contribution in [1.82, 2.24) is 0 Å². The molecule has 10 heavy (non-hydrogen) atoms. The number of hydrogen-bond acceptors (Lipinski definition) is 3. The van der Waals surface area contributed by atoms with Crippen LogP contribution in [0, 0.1) is 0 Å². The summed E-state index contributed by atoms with van der Waals surface area (Å²) in [7, 11) is -4.53. The van der Waals surface area contributed by atoms with Crippen LogP contribution in [0.1, 0.15) is 0 Å². The average molecular weight is 164 g/mol. The lowest BCUT2D eigenvalue weighted by Crippen LogP contribution is -1.87. The Morgan fingerprint density at radius 2 is 1.80 bits per heavy atom. The maximum absolute atomic E-state index is 10.2. The van der Waals surface area contributed by atoms with E-state index in [0.717, 1.165) is 0 Å². The third-order valence-corrected chi connectivity index (χ3v) is 1.62. The molecule has 0 rings (SSSR count). The van der Waals surface area contributed by atoms with Crippen molar-refractivity contribution >= 4 is 20.2 Å². The van der Waals surface area contributed by atoms with Gasteiger partial charge in [0.2, 0.25) is 0 Å². The van der Waals surface area contributed by atoms with Gasteiger partial charge in [-0.15, -0.1) is 0 Å². The van der Waals surface area contributed by atoms with E-state index in [1.165, 1.54) is 0 Å². The first-order chi connectivity index (χ1) is 4.52. The maximum Gasteiger partial charge on any atom is 0.359 e. The molecular formula is C4H5O5P. The quantitative estimate of drug-likeness (QED) is 0.331. The number of allylic oxidation sites excluding steroid dienone is 2. The minimum Gasteiger partial charge on any atom is -0.321 e. The van der Waals surface area contributed by atoms with E-state index in [1.807, 2.05) is 0 Å². The van der Waals surface area contributed by atoms with E-state index in [2.05, 4.69) is 0 Å². The lowest BCUT2D eigenvalue weighted by molar-refractivity contribution is -0.106. The summed E-state index contributed by atoms with van der Waals surface area (Å²) in [6, 6.07) is 0. The van der Waals surface area contributed by atoms with E-state index < -0.39 is 12.9 Å². The molecule has 2 N–H and O–H groups in total. The lowest BCUT2D eigenvalue weighted by atomic mass is 10.5. The summed E-state index contributed by atoms with van der Waals surface area (Å²) in [5.74, 6) is 0. The van der Waals surface area contributed by atoms with Gasteiger partial charge in [-0.05, 0) is 6.08 Å². The van der Waals surface area contributed by atoms with Crippen molar-refractivity contribution in [3.05, 3.63) is 11.4 Å². The van der Waals surface area contributed by atoms with E-state index in [-0.39, 0.29) is 12.6 Å². The Labute approximate surface area is 56.5 Å². The van der Waals surface area contributed by atoms with Gasteiger partial charge in [0.1, 0.15) is 11.6 Å². The highest BCUT2D eigenvalue weighted by Crippen LogP contribution is 2.42. The summed E-state index contributed by atoms with van der Waals surface area (Å²) in [6.45, 7) is 0. The topological polar surface area (TPSA) is 91.7 Å². The maximum atomic E-state index is 10.2. The molecule has 0 aromatic carbocycles. The molecule has 0 saturated heterocycles. The van der Waals surface area contributed by atoms with Crippen molar-refractivity contribution in [3.8, 4) is 0 Å². The van der Waals surface area contributed by atoms with Crippen LogP contribution >= 0.6 is 7.60 Å². The summed E-state index contributed by atoms with van der Waals surface area (Å²) in [4.78, 5) is 36.0. The molecule has 0 aliphatic carbocycles. The van der Waals surface area contributed by atoms with E-state index >= 15 is 0 Å². The molecule has 0 radical (unpaired) electrons. The molecule has 0 fully saturated rings. The number of hydrogen-bond donors (Lipinski definition) is 2. The van der Waals surface area contributed by atoms with E-state index in [4.69, 9.17) is 9.79 Å². The molecule has 5 nitrogen and oxygen atoms in total. The van der Waals surface area contributed by atoms with Crippen LogP contribution in [0.3, 0.4) is 0 Å². The van der Waals surface area contributed by atoms with Crippen molar-refractivity contribution < 1.29 is 23.9 Å². The largest absolute Gasteiger partial charge is 0.359 e. The number of rotatable bonds is 3. The molecule has 6 heteroatoms. The zero-order valence-corrected chi connectivity index (χ0v) is 5.69. The third kappa shape index (κ3) is 2.68. The Balaban J connectivity index is 4.69. The van der Waals surface area contributed by atoms with Crippen LogP contribution in [0.15, 0.2) is 11.4 Å². The fourth-order valence-electron chi connectivity index (χ4n) is 0.275. The lowest BCUT2D eigenvalue weighted by Gasteiger charge is -1.98. The van der Waals surface area contributed by atoms with Crippen LogP contribution in [0.2, 0.25) is 0 Å². The van der Waals surface area contributed by atoms with Gasteiger partial charge in [0.25, 0.3) is 0 Å². The first-order valence-electron chi connectivity index (χ1n) is 2.19. The molecule has 0 amide bonds. The Hall–Kier alpha value is -0.770. The second-order valence-corrected chi connectivity index (χ2v) is 2.99. The Morgan fingerprint density at radius 3 is 1.90 bits per heavy atom. The number of carbonyl (C=O) groups excluding carboxylic acids is 2. The molecule has 56 valence electrons. The van der Waals surface area contributed by atoms with E-state index in [1.54, 1.807) is 0 Å². The normalized spacial score (nSPS) is 12.8. The second-order valence-electron chi connectivity index (χ2n) is 1.39. The molecule has 0 saturated carbocycles. The van der Waals surface area contributed by atoms with Crippen molar-refractivity contribution in [2.75, 3.05) is 0 Å². The zero-order valence-electron chi connectivity index (χ0n) is 4.80. The van der Waals surface area contributed by atoms with Gasteiger partial charge in [0.15, 0.2) is 6.29 Å². The highest BCUT2D eigenvalue weighted by Gasteiger charge is 2.19. The summed E-state index contributed by atoms with van der Waals surface area (Å²) < 4.78 is 10.2. The number of aldehydes is 2. The SMILES string of the molecule is O=CC=C(C=O)P(=O)(O)O. The fourth-order valence-corrected chi connectivity index (χ4v) is 0.667. The van der Waals surface area contributed by atoms with Gasteiger partial charge in [0, 0.05) is 0 Å². The molecule has 0 aromatic rings. The van der Waals surface area contributed by atoms with Crippen molar-refractivity contribution in [3.63, 3.8) is 0 Å². The summed E-state index contributed by atoms with van der Waals surface area (Å²) in [5, 5.41) is -0.803. The van der Waals surface area contributed by atoms with E-state index in [9.17, 15) is 14.2 Å². The summed E-state index contributed by atoms with van der Waals surface area (Å²) >= 11 is 0. The highest BCUT2D eigenvalue weighted by atomic mass is 31.2. The predicted molar refractivity (Wildman–Crippen MR) is 32.3 cm³/mol. The van der Waals surface area contributed by atoms with Gasteiger partial charge in [-0.25, -0.2) is 0 Å². The minimum atomic E-state index is -4.53. The average Bonchev–Trinajstić information content (AvgIpc) is 1.80. The number of carbonyl (C=O) groups is 2. The standard InChI is InChI=1S/C4H5O5P/c5-2-1-4(3-6)10(7,8)9/h1-3H,(H2,7,8,9). The Bertz CT molecular complexity index is 212. The predicted octanol–water partition coefficient (Wildman–Crippen LogP) is -0.554. The van der Waals surface area contributed by atoms with Crippen molar-refractivity contribution in [1.29, 1.82) is 0 Å². The summed E-state index contributed by atoms with van der Waals surface area (Å²) in [5.41, 5.74) is 0. The van der Waals surface area contributed by atoms with Gasteiger partial charge in [-0.2, -0.15) is 0 Å². The van der Waals surface area contributed by atoms with E-state index in [0.29, 0.717) is 6.08 Å². The first-order valence-corrected chi connectivity index (χ1v) is 3.80. The molecular weight excluding hydrogens is 159 g/mol. The van der Waals surface area contributed by atoms with Gasteiger partial charge in [-0.1, -0.05) is 0 Å². The van der Waals surface area contributed by atoms with Crippen LogP contribution in [0.4, 0.5) is 0 Å². The molecule has 0 aliphatic heterocycles. The fraction of sp³-hybridized carbons (Fsp3) is 0. The van der Waals surface area contributed by atoms with Crippen LogP contribution in [0.5, 0.6) is 0 Å². The molecule has 0 aromatic heterocycles. The molecule has 0 spiro atoms. The van der Waals surface area contributed by atoms with Crippen LogP contribution in [-0.4, -0.2) is 22.4 Å². The van der Waals surface area contributed by atoms with Crippen molar-refractivity contribution in [2.24, 2.45) is 0 Å². The monoisotopic (exact) mass is 164 g/mol. The minimum absolute atomic E-state index is 0.0465. The molecule has 0 atom stereocenters. The molecule has 0 bridgehead atoms. The van der Waals surface area contributed by atoms with Crippen LogP contribution < -0.4 is 0 Å². The Morgan fingerprint density at radius 1 is 1.30 bits per heavy atom. The molecule has 0 aliphatic rings. The van der Waals surface area contributed by atoms with Crippen molar-refractivity contribution in [2.45, 2.75) is 0 Å². The summed E-state index contributed by atoms with van der Waals surface area (Å²) in [6.07, 6.45) is 0.631. The molecule has 0 unspecified atom stereocenters. The highest BCUT2D eigenvalue weighted by molar-refractivity contribution is 7.57. The first kappa shape index (κ1) is 9.23.